The molecule has 0 radical (unpaired) electrons. The van der Waals surface area contributed by atoms with Crippen LogP contribution in [0.2, 0.25) is 0 Å². The summed E-state index contributed by atoms with van der Waals surface area (Å²) in [6.45, 7) is 1.78. The van der Waals surface area contributed by atoms with E-state index in [1.165, 1.54) is 0 Å². The minimum atomic E-state index is -0.483. The molecule has 5 aliphatic rings. The van der Waals surface area contributed by atoms with E-state index in [0.717, 1.165) is 74.8 Å². The highest BCUT2D eigenvalue weighted by Crippen LogP contribution is 2.56. The predicted molar refractivity (Wildman–Crippen MR) is 129 cm³/mol. The van der Waals surface area contributed by atoms with Gasteiger partial charge in [0.2, 0.25) is 5.82 Å². The SMILES string of the molecule is O=C(NC1CCNCC1)c1nc(-c2cnc3[nH]ccc3c2N[C@H]2[C@@H]3CC4C[C@H]2C[C@@](O)(C4)C3)no1. The van der Waals surface area contributed by atoms with Gasteiger partial charge in [-0.2, -0.15) is 4.98 Å². The van der Waals surface area contributed by atoms with E-state index >= 15 is 0 Å². The van der Waals surface area contributed by atoms with Crippen LogP contribution >= 0.6 is 0 Å². The molecule has 3 aromatic heterocycles. The number of nitrogens with zero attached hydrogens (tertiary/aromatic N) is 3. The number of anilines is 1. The molecule has 10 heteroatoms. The summed E-state index contributed by atoms with van der Waals surface area (Å²) in [7, 11) is 0. The summed E-state index contributed by atoms with van der Waals surface area (Å²) in [5.41, 5.74) is 1.93. The van der Waals surface area contributed by atoms with Gasteiger partial charge in [0.1, 0.15) is 5.65 Å². The van der Waals surface area contributed by atoms with Crippen molar-refractivity contribution in [3.8, 4) is 11.4 Å². The third kappa shape index (κ3) is 3.70. The first-order chi connectivity index (χ1) is 17.0. The van der Waals surface area contributed by atoms with Gasteiger partial charge in [0.05, 0.1) is 16.9 Å². The van der Waals surface area contributed by atoms with Crippen LogP contribution in [-0.2, 0) is 0 Å². The number of carbonyl (C=O) groups excluding carboxylic acids is 1. The number of amides is 1. The largest absolute Gasteiger partial charge is 0.390 e. The Bertz CT molecular complexity index is 1250. The number of H-pyrrole nitrogens is 1. The Morgan fingerprint density at radius 2 is 1.97 bits per heavy atom. The van der Waals surface area contributed by atoms with Crippen molar-refractivity contribution in [1.29, 1.82) is 0 Å². The van der Waals surface area contributed by atoms with Gasteiger partial charge < -0.3 is 30.6 Å². The molecule has 1 amide bonds. The molecule has 5 fully saturated rings. The first-order valence-electron chi connectivity index (χ1n) is 12.9. The smallest absolute Gasteiger partial charge is 0.316 e. The van der Waals surface area contributed by atoms with Gasteiger partial charge in [-0.05, 0) is 81.9 Å². The second kappa shape index (κ2) is 8.03. The molecule has 1 saturated heterocycles. The summed E-state index contributed by atoms with van der Waals surface area (Å²) >= 11 is 0. The number of rotatable bonds is 5. The molecule has 35 heavy (non-hydrogen) atoms. The zero-order valence-corrected chi connectivity index (χ0v) is 19.6. The maximum absolute atomic E-state index is 12.7. The monoisotopic (exact) mass is 477 g/mol. The molecule has 4 heterocycles. The van der Waals surface area contributed by atoms with E-state index in [0.29, 0.717) is 29.1 Å². The lowest BCUT2D eigenvalue weighted by atomic mass is 9.52. The fraction of sp³-hybridized carbons (Fsp3) is 0.600. The Balaban J connectivity index is 1.19. The third-order valence-corrected chi connectivity index (χ3v) is 8.67. The number of hydrogen-bond acceptors (Lipinski definition) is 8. The number of pyridine rings is 1. The number of aromatic nitrogens is 4. The van der Waals surface area contributed by atoms with Crippen LogP contribution in [0.25, 0.3) is 22.4 Å². The number of piperidine rings is 1. The van der Waals surface area contributed by atoms with E-state index in [2.05, 4.69) is 36.1 Å². The first kappa shape index (κ1) is 21.3. The van der Waals surface area contributed by atoms with E-state index in [-0.39, 0.29) is 23.9 Å². The zero-order chi connectivity index (χ0) is 23.6. The second-order valence-electron chi connectivity index (χ2n) is 11.1. The van der Waals surface area contributed by atoms with E-state index in [4.69, 9.17) is 4.52 Å². The summed E-state index contributed by atoms with van der Waals surface area (Å²) in [6.07, 6.45) is 10.4. The highest BCUT2D eigenvalue weighted by Gasteiger charge is 2.54. The molecule has 3 aromatic rings. The average Bonchev–Trinajstić information content (AvgIpc) is 3.51. The summed E-state index contributed by atoms with van der Waals surface area (Å²) < 4.78 is 5.38. The maximum Gasteiger partial charge on any atom is 0.316 e. The van der Waals surface area contributed by atoms with Crippen LogP contribution in [0, 0.1) is 17.8 Å². The Labute approximate surface area is 202 Å². The summed E-state index contributed by atoms with van der Waals surface area (Å²) in [6, 6.07) is 2.39. The molecule has 8 rings (SSSR count). The van der Waals surface area contributed by atoms with Crippen molar-refractivity contribution in [3.63, 3.8) is 0 Å². The second-order valence-corrected chi connectivity index (χ2v) is 11.1. The van der Waals surface area contributed by atoms with Gasteiger partial charge >= 0.3 is 11.8 Å². The van der Waals surface area contributed by atoms with Crippen LogP contribution in [0.4, 0.5) is 5.69 Å². The number of carbonyl (C=O) groups is 1. The number of nitrogens with one attached hydrogen (secondary N) is 4. The van der Waals surface area contributed by atoms with Crippen molar-refractivity contribution < 1.29 is 14.4 Å². The molecule has 10 nitrogen and oxygen atoms in total. The van der Waals surface area contributed by atoms with E-state index < -0.39 is 5.60 Å². The van der Waals surface area contributed by atoms with Crippen LogP contribution in [0.1, 0.15) is 55.6 Å². The quantitative estimate of drug-likeness (QED) is 0.377. The van der Waals surface area contributed by atoms with Crippen molar-refractivity contribution >= 4 is 22.6 Å². The Hall–Kier alpha value is -2.98. The van der Waals surface area contributed by atoms with Gasteiger partial charge in [0, 0.05) is 29.9 Å². The number of aromatic amines is 1. The molecule has 5 atom stereocenters. The van der Waals surface area contributed by atoms with Crippen LogP contribution in [0.15, 0.2) is 23.0 Å². The van der Waals surface area contributed by atoms with E-state index in [1.807, 2.05) is 12.3 Å². The van der Waals surface area contributed by atoms with Gasteiger partial charge in [0.25, 0.3) is 0 Å². The standard InChI is InChI=1S/C25H31N7O3/c33-23(29-16-1-4-26-5-2-16)24-31-22(32-35-24)18-12-28-21-17(3-6-27-21)20(18)30-19-14-7-13-8-15(19)11-25(34,9-13)10-14/h3,6,12-16,19,26,34H,1-2,4-5,7-11H2,(H,29,33)(H2,27,28,30)/t13?,14-,15+,19+,25-. The summed E-state index contributed by atoms with van der Waals surface area (Å²) in [5, 5.41) is 26.3. The normalized spacial score (nSPS) is 32.3. The van der Waals surface area contributed by atoms with Crippen molar-refractivity contribution in [2.24, 2.45) is 17.8 Å². The number of hydrogen-bond donors (Lipinski definition) is 5. The molecule has 5 N–H and O–H groups in total. The topological polar surface area (TPSA) is 141 Å². The molecule has 0 aromatic carbocycles. The minimum Gasteiger partial charge on any atom is -0.390 e. The molecular formula is C25H31N7O3. The highest BCUT2D eigenvalue weighted by atomic mass is 16.5. The van der Waals surface area contributed by atoms with Crippen molar-refractivity contribution in [2.75, 3.05) is 18.4 Å². The molecule has 4 bridgehead atoms. The van der Waals surface area contributed by atoms with Gasteiger partial charge in [-0.3, -0.25) is 4.79 Å². The predicted octanol–water partition coefficient (Wildman–Crippen LogP) is 2.45. The number of fused-ring (bicyclic) bond motifs is 1. The van der Waals surface area contributed by atoms with Crippen LogP contribution in [0.3, 0.4) is 0 Å². The van der Waals surface area contributed by atoms with Crippen LogP contribution in [0.5, 0.6) is 0 Å². The summed E-state index contributed by atoms with van der Waals surface area (Å²) in [5.74, 6) is 1.50. The molecule has 4 saturated carbocycles. The van der Waals surface area contributed by atoms with Crippen LogP contribution in [-0.4, -0.2) is 61.9 Å². The lowest BCUT2D eigenvalue weighted by molar-refractivity contribution is -0.129. The fourth-order valence-corrected chi connectivity index (χ4v) is 7.36. The van der Waals surface area contributed by atoms with E-state index in [9.17, 15) is 9.90 Å². The zero-order valence-electron chi connectivity index (χ0n) is 19.6. The first-order valence-corrected chi connectivity index (χ1v) is 12.9. The number of aliphatic hydroxyl groups is 1. The lowest BCUT2D eigenvalue weighted by Gasteiger charge is -2.58. The lowest BCUT2D eigenvalue weighted by Crippen LogP contribution is -2.59. The van der Waals surface area contributed by atoms with Crippen molar-refractivity contribution in [3.05, 3.63) is 24.4 Å². The Kier molecular flexibility index (Phi) is 4.89. The van der Waals surface area contributed by atoms with E-state index in [1.54, 1.807) is 6.20 Å². The van der Waals surface area contributed by atoms with Gasteiger partial charge in [-0.25, -0.2) is 4.98 Å². The maximum atomic E-state index is 12.7. The summed E-state index contributed by atoms with van der Waals surface area (Å²) in [4.78, 5) is 24.9. The van der Waals surface area contributed by atoms with Crippen LogP contribution < -0.4 is 16.0 Å². The molecule has 1 unspecified atom stereocenters. The Morgan fingerprint density at radius 3 is 2.74 bits per heavy atom. The molecule has 1 aliphatic heterocycles. The van der Waals surface area contributed by atoms with Crippen molar-refractivity contribution in [2.45, 2.75) is 62.6 Å². The minimum absolute atomic E-state index is 0.0320. The average molecular weight is 478 g/mol. The third-order valence-electron chi connectivity index (χ3n) is 8.67. The highest BCUT2D eigenvalue weighted by molar-refractivity contribution is 5.97. The van der Waals surface area contributed by atoms with Gasteiger partial charge in [0.15, 0.2) is 0 Å². The molecular weight excluding hydrogens is 446 g/mol. The van der Waals surface area contributed by atoms with Gasteiger partial charge in [-0.15, -0.1) is 0 Å². The van der Waals surface area contributed by atoms with Gasteiger partial charge in [-0.1, -0.05) is 5.16 Å². The fourth-order valence-electron chi connectivity index (χ4n) is 7.36. The van der Waals surface area contributed by atoms with Crippen molar-refractivity contribution in [1.82, 2.24) is 30.7 Å². The Morgan fingerprint density at radius 1 is 1.17 bits per heavy atom. The molecule has 184 valence electrons. The molecule has 4 aliphatic carbocycles. The molecule has 0 spiro atoms.